The van der Waals surface area contributed by atoms with E-state index in [4.69, 9.17) is 10.5 Å². The number of ether oxygens (including phenoxy) is 1. The molecule has 0 atom stereocenters. The topological polar surface area (TPSA) is 126 Å². The van der Waals surface area contributed by atoms with Crippen LogP contribution in [-0.4, -0.2) is 53.5 Å². The van der Waals surface area contributed by atoms with Crippen molar-refractivity contribution in [2.24, 2.45) is 0 Å². The minimum absolute atomic E-state index is 0.0383. The highest BCUT2D eigenvalue weighted by Crippen LogP contribution is 2.40. The second-order valence-electron chi connectivity index (χ2n) is 8.43. The average molecular weight is 452 g/mol. The number of fused-ring (bicyclic) bond motifs is 2. The average Bonchev–Trinajstić information content (AvgIpc) is 2.78. The van der Waals surface area contributed by atoms with Gasteiger partial charge in [0.1, 0.15) is 18.1 Å². The molecule has 0 unspecified atom stereocenters. The Morgan fingerprint density at radius 2 is 2.09 bits per heavy atom. The second-order valence-corrected chi connectivity index (χ2v) is 8.43. The molecule has 0 bridgehead atoms. The zero-order chi connectivity index (χ0) is 23.3. The van der Waals surface area contributed by atoms with E-state index in [0.29, 0.717) is 54.0 Å². The van der Waals surface area contributed by atoms with Gasteiger partial charge in [0, 0.05) is 47.5 Å². The molecule has 1 amide bonds. The van der Waals surface area contributed by atoms with Gasteiger partial charge in [0.15, 0.2) is 5.82 Å². The largest absolute Gasteiger partial charge is 0.474 e. The minimum Gasteiger partial charge on any atom is -0.474 e. The first-order valence-electron chi connectivity index (χ1n) is 10.8. The molecular weight excluding hydrogens is 427 g/mol. The van der Waals surface area contributed by atoms with E-state index < -0.39 is 11.9 Å². The van der Waals surface area contributed by atoms with Gasteiger partial charge in [0.2, 0.25) is 5.88 Å². The lowest BCUT2D eigenvalue weighted by Gasteiger charge is -2.40. The molecule has 5 N–H and O–H groups in total. The van der Waals surface area contributed by atoms with E-state index in [0.717, 1.165) is 11.3 Å². The second kappa shape index (κ2) is 8.04. The number of pyridine rings is 2. The SMILES string of the molecule is CN[C@H]1C[C@@H](N(C(=O)O)c2cc3cc(-c4cnc5c(c4C)NCCO5)c(F)c(N)c3cn2)C1. The van der Waals surface area contributed by atoms with Gasteiger partial charge in [0.05, 0.1) is 5.69 Å². The van der Waals surface area contributed by atoms with Crippen LogP contribution in [0.25, 0.3) is 21.9 Å². The van der Waals surface area contributed by atoms with Gasteiger partial charge >= 0.3 is 6.09 Å². The molecule has 0 saturated heterocycles. The third kappa shape index (κ3) is 3.46. The fraction of sp³-hybridized carbons (Fsp3) is 0.348. The van der Waals surface area contributed by atoms with Gasteiger partial charge in [-0.05, 0) is 49.9 Å². The number of amides is 1. The first-order valence-corrected chi connectivity index (χ1v) is 10.8. The zero-order valence-corrected chi connectivity index (χ0v) is 18.4. The lowest BCUT2D eigenvalue weighted by Crippen LogP contribution is -2.53. The Labute approximate surface area is 189 Å². The van der Waals surface area contributed by atoms with Crippen molar-refractivity contribution in [3.05, 3.63) is 35.9 Å². The lowest BCUT2D eigenvalue weighted by atomic mass is 9.85. The Morgan fingerprint density at radius 3 is 2.82 bits per heavy atom. The maximum Gasteiger partial charge on any atom is 0.413 e. The molecule has 2 aliphatic rings. The summed E-state index contributed by atoms with van der Waals surface area (Å²) >= 11 is 0. The highest BCUT2D eigenvalue weighted by atomic mass is 19.1. The Hall–Kier alpha value is -3.66. The summed E-state index contributed by atoms with van der Waals surface area (Å²) in [4.78, 5) is 21.9. The van der Waals surface area contributed by atoms with Crippen LogP contribution in [0.15, 0.2) is 24.5 Å². The van der Waals surface area contributed by atoms with Gasteiger partial charge in [-0.1, -0.05) is 0 Å². The van der Waals surface area contributed by atoms with Gasteiger partial charge in [-0.15, -0.1) is 0 Å². The van der Waals surface area contributed by atoms with Gasteiger partial charge in [-0.25, -0.2) is 19.2 Å². The number of rotatable bonds is 4. The molecule has 10 heteroatoms. The summed E-state index contributed by atoms with van der Waals surface area (Å²) < 4.78 is 20.9. The van der Waals surface area contributed by atoms with Gasteiger partial charge in [-0.3, -0.25) is 4.90 Å². The third-order valence-electron chi connectivity index (χ3n) is 6.56. The molecule has 172 valence electrons. The molecule has 9 nitrogen and oxygen atoms in total. The van der Waals surface area contributed by atoms with Gasteiger partial charge in [0.25, 0.3) is 0 Å². The number of halogens is 1. The standard InChI is InChI=1S/C23H25FN6O3/c1-11-16(9-29-22-21(11)27-3-4-33-22)15-5-12-6-18(28-10-17(12)20(25)19(15)24)30(23(31)32)14-7-13(8-14)26-2/h5-6,9-10,13-14,26-27H,3-4,7-8,25H2,1-2H3,(H,31,32)/t13-,14+. The molecular formula is C23H25FN6O3. The maximum absolute atomic E-state index is 15.3. The molecule has 1 saturated carbocycles. The van der Waals surface area contributed by atoms with E-state index in [2.05, 4.69) is 20.6 Å². The number of hydrogen-bond acceptors (Lipinski definition) is 7. The number of aromatic nitrogens is 2. The van der Waals surface area contributed by atoms with Crippen LogP contribution in [-0.2, 0) is 0 Å². The Bertz CT molecular complexity index is 1260. The van der Waals surface area contributed by atoms with Crippen LogP contribution in [0.3, 0.4) is 0 Å². The van der Waals surface area contributed by atoms with E-state index in [9.17, 15) is 9.90 Å². The molecule has 0 spiro atoms. The Morgan fingerprint density at radius 1 is 1.30 bits per heavy atom. The molecule has 5 rings (SSSR count). The van der Waals surface area contributed by atoms with E-state index in [1.54, 1.807) is 18.3 Å². The van der Waals surface area contributed by atoms with Crippen molar-refractivity contribution < 1.29 is 19.0 Å². The number of hydrogen-bond donors (Lipinski definition) is 4. The normalized spacial score (nSPS) is 19.2. The Kier molecular flexibility index (Phi) is 5.16. The fourth-order valence-corrected chi connectivity index (χ4v) is 4.58. The van der Waals surface area contributed by atoms with Crippen molar-refractivity contribution in [2.45, 2.75) is 31.8 Å². The van der Waals surface area contributed by atoms with Crippen LogP contribution >= 0.6 is 0 Å². The fourth-order valence-electron chi connectivity index (χ4n) is 4.58. The first kappa shape index (κ1) is 21.2. The van der Waals surface area contributed by atoms with Crippen LogP contribution in [0, 0.1) is 12.7 Å². The van der Waals surface area contributed by atoms with E-state index in [1.165, 1.54) is 11.1 Å². The number of carboxylic acid groups (broad SMARTS) is 1. The summed E-state index contributed by atoms with van der Waals surface area (Å²) in [7, 11) is 1.86. The van der Waals surface area contributed by atoms with Crippen molar-refractivity contribution in [1.29, 1.82) is 0 Å². The van der Waals surface area contributed by atoms with Crippen LogP contribution in [0.2, 0.25) is 0 Å². The molecule has 0 radical (unpaired) electrons. The number of anilines is 3. The van der Waals surface area contributed by atoms with Gasteiger partial charge in [-0.2, -0.15) is 0 Å². The van der Waals surface area contributed by atoms with E-state index in [1.807, 2.05) is 14.0 Å². The number of nitrogens with two attached hydrogens (primary N) is 1. The quantitative estimate of drug-likeness (QED) is 0.444. The summed E-state index contributed by atoms with van der Waals surface area (Å²) in [6, 6.07) is 3.44. The predicted octanol–water partition coefficient (Wildman–Crippen LogP) is 3.37. The lowest BCUT2D eigenvalue weighted by molar-refractivity contribution is 0.188. The number of benzene rings is 1. The van der Waals surface area contributed by atoms with Crippen LogP contribution in [0.5, 0.6) is 5.88 Å². The van der Waals surface area contributed by atoms with E-state index in [-0.39, 0.29) is 23.3 Å². The summed E-state index contributed by atoms with van der Waals surface area (Å²) in [5, 5.41) is 17.3. The number of nitrogen functional groups attached to an aromatic ring is 1. The van der Waals surface area contributed by atoms with Crippen LogP contribution in [0.1, 0.15) is 18.4 Å². The zero-order valence-electron chi connectivity index (χ0n) is 18.4. The summed E-state index contributed by atoms with van der Waals surface area (Å²) in [6.07, 6.45) is 3.34. The van der Waals surface area contributed by atoms with Crippen LogP contribution < -0.4 is 26.0 Å². The number of carbonyl (C=O) groups is 1. The monoisotopic (exact) mass is 452 g/mol. The molecule has 1 aromatic carbocycles. The molecule has 2 aromatic heterocycles. The minimum atomic E-state index is -1.07. The van der Waals surface area contributed by atoms with E-state index >= 15 is 4.39 Å². The predicted molar refractivity (Wildman–Crippen MR) is 124 cm³/mol. The molecule has 1 fully saturated rings. The summed E-state index contributed by atoms with van der Waals surface area (Å²) in [5.74, 6) is 0.215. The molecule has 33 heavy (non-hydrogen) atoms. The van der Waals surface area contributed by atoms with Gasteiger partial charge < -0.3 is 26.2 Å². The smallest absolute Gasteiger partial charge is 0.413 e. The molecule has 1 aliphatic heterocycles. The molecule has 3 heterocycles. The highest BCUT2D eigenvalue weighted by Gasteiger charge is 2.37. The summed E-state index contributed by atoms with van der Waals surface area (Å²) in [6.45, 7) is 3.02. The number of nitrogens with zero attached hydrogens (tertiary/aromatic N) is 3. The van der Waals surface area contributed by atoms with Crippen molar-refractivity contribution in [3.8, 4) is 17.0 Å². The van der Waals surface area contributed by atoms with Crippen molar-refractivity contribution in [2.75, 3.05) is 36.1 Å². The molecule has 1 aliphatic carbocycles. The Balaban J connectivity index is 1.61. The van der Waals surface area contributed by atoms with Crippen molar-refractivity contribution >= 4 is 34.1 Å². The van der Waals surface area contributed by atoms with Crippen LogP contribution in [0.4, 0.5) is 26.4 Å². The van der Waals surface area contributed by atoms with Crippen molar-refractivity contribution in [3.63, 3.8) is 0 Å². The molecule has 3 aromatic rings. The third-order valence-corrected chi connectivity index (χ3v) is 6.56. The summed E-state index contributed by atoms with van der Waals surface area (Å²) in [5.41, 5.74) is 8.51. The highest BCUT2D eigenvalue weighted by molar-refractivity contribution is 5.99. The number of nitrogens with one attached hydrogen (secondary N) is 2. The maximum atomic E-state index is 15.3. The first-order chi connectivity index (χ1) is 15.9. The van der Waals surface area contributed by atoms with Crippen molar-refractivity contribution in [1.82, 2.24) is 15.3 Å².